The summed E-state index contributed by atoms with van der Waals surface area (Å²) in [6.07, 6.45) is 1.70. The van der Waals surface area contributed by atoms with Gasteiger partial charge in [-0.25, -0.2) is 0 Å². The second kappa shape index (κ2) is 13.3. The fraction of sp³-hybridized carbons (Fsp3) is 0.929. The number of hydrogen-bond donors (Lipinski definition) is 1. The highest BCUT2D eigenvalue weighted by atomic mass is 16.5. The van der Waals surface area contributed by atoms with Gasteiger partial charge in [0.05, 0.1) is 13.2 Å². The number of esters is 1. The Labute approximate surface area is 122 Å². The smallest absolute Gasteiger partial charge is 0.323 e. The van der Waals surface area contributed by atoms with Crippen LogP contribution in [0.3, 0.4) is 0 Å². The quantitative estimate of drug-likeness (QED) is 0.394. The maximum absolute atomic E-state index is 11.7. The molecule has 0 spiro atoms. The zero-order valence-electron chi connectivity index (χ0n) is 13.3. The number of carbonyl (C=O) groups is 1. The summed E-state index contributed by atoms with van der Waals surface area (Å²) in [5.41, 5.74) is 0. The average molecular weight is 290 g/mol. The third-order valence-corrected chi connectivity index (χ3v) is 3.09. The molecule has 20 heavy (non-hydrogen) atoms. The average Bonchev–Trinajstić information content (AvgIpc) is 2.45. The van der Waals surface area contributed by atoms with Crippen molar-refractivity contribution in [1.82, 2.24) is 10.2 Å². The van der Waals surface area contributed by atoms with Crippen LogP contribution in [0.4, 0.5) is 0 Å². The molecule has 0 fully saturated rings. The SMILES string of the molecule is CCOC(=O)C(CCN(CCCOC)CCOC)NC. The van der Waals surface area contributed by atoms with Gasteiger partial charge in [0.1, 0.15) is 6.04 Å². The van der Waals surface area contributed by atoms with Crippen LogP contribution in [0.1, 0.15) is 19.8 Å². The summed E-state index contributed by atoms with van der Waals surface area (Å²) in [5.74, 6) is -0.182. The van der Waals surface area contributed by atoms with E-state index in [4.69, 9.17) is 14.2 Å². The number of methoxy groups -OCH3 is 2. The molecule has 1 N–H and O–H groups in total. The number of nitrogens with zero attached hydrogens (tertiary/aromatic N) is 1. The second-order valence-electron chi connectivity index (χ2n) is 4.56. The summed E-state index contributed by atoms with van der Waals surface area (Å²) in [5, 5.41) is 3.01. The number of ether oxygens (including phenoxy) is 3. The standard InChI is InChI=1S/C14H30N2O4/c1-5-20-14(17)13(15-2)7-9-16(10-12-19-4)8-6-11-18-3/h13,15H,5-12H2,1-4H3. The largest absolute Gasteiger partial charge is 0.465 e. The highest BCUT2D eigenvalue weighted by Gasteiger charge is 2.18. The topological polar surface area (TPSA) is 60.0 Å². The molecular weight excluding hydrogens is 260 g/mol. The van der Waals surface area contributed by atoms with Gasteiger partial charge in [-0.15, -0.1) is 0 Å². The molecule has 0 bridgehead atoms. The normalized spacial score (nSPS) is 12.7. The Morgan fingerprint density at radius 3 is 2.40 bits per heavy atom. The summed E-state index contributed by atoms with van der Waals surface area (Å²) in [7, 11) is 5.19. The van der Waals surface area contributed by atoms with E-state index in [1.807, 2.05) is 6.92 Å². The molecule has 6 nitrogen and oxygen atoms in total. The minimum absolute atomic E-state index is 0.182. The summed E-state index contributed by atoms with van der Waals surface area (Å²) < 4.78 is 15.2. The van der Waals surface area contributed by atoms with Gasteiger partial charge >= 0.3 is 5.97 Å². The Hall–Kier alpha value is -0.690. The Morgan fingerprint density at radius 2 is 1.85 bits per heavy atom. The molecule has 0 aliphatic rings. The van der Waals surface area contributed by atoms with Crippen molar-refractivity contribution in [2.45, 2.75) is 25.8 Å². The number of carbonyl (C=O) groups excluding carboxylic acids is 1. The summed E-state index contributed by atoms with van der Waals surface area (Å²) in [6.45, 7) is 6.30. The van der Waals surface area contributed by atoms with Crippen molar-refractivity contribution in [3.63, 3.8) is 0 Å². The predicted molar refractivity (Wildman–Crippen MR) is 78.9 cm³/mol. The van der Waals surface area contributed by atoms with Gasteiger partial charge in [-0.3, -0.25) is 4.79 Å². The molecule has 0 heterocycles. The van der Waals surface area contributed by atoms with Crippen LogP contribution in [0.15, 0.2) is 0 Å². The molecular formula is C14H30N2O4. The Morgan fingerprint density at radius 1 is 1.15 bits per heavy atom. The van der Waals surface area contributed by atoms with E-state index in [-0.39, 0.29) is 12.0 Å². The predicted octanol–water partition coefficient (Wildman–Crippen LogP) is 0.513. The first-order chi connectivity index (χ1) is 9.69. The van der Waals surface area contributed by atoms with E-state index >= 15 is 0 Å². The lowest BCUT2D eigenvalue weighted by molar-refractivity contribution is -0.145. The summed E-state index contributed by atoms with van der Waals surface area (Å²) >= 11 is 0. The van der Waals surface area contributed by atoms with Gasteiger partial charge in [-0.1, -0.05) is 0 Å². The number of nitrogens with one attached hydrogen (secondary N) is 1. The lowest BCUT2D eigenvalue weighted by Gasteiger charge is -2.24. The fourth-order valence-electron chi connectivity index (χ4n) is 1.92. The van der Waals surface area contributed by atoms with E-state index in [9.17, 15) is 4.79 Å². The lowest BCUT2D eigenvalue weighted by atomic mass is 10.2. The molecule has 0 saturated heterocycles. The highest BCUT2D eigenvalue weighted by molar-refractivity contribution is 5.75. The number of hydrogen-bond acceptors (Lipinski definition) is 6. The number of likely N-dealkylation sites (N-methyl/N-ethyl adjacent to an activating group) is 1. The Kier molecular flexibility index (Phi) is 12.8. The van der Waals surface area contributed by atoms with E-state index in [1.165, 1.54) is 0 Å². The van der Waals surface area contributed by atoms with Crippen molar-refractivity contribution in [2.24, 2.45) is 0 Å². The molecule has 0 aromatic carbocycles. The van der Waals surface area contributed by atoms with E-state index < -0.39 is 0 Å². The zero-order chi connectivity index (χ0) is 15.2. The van der Waals surface area contributed by atoms with E-state index in [2.05, 4.69) is 10.2 Å². The van der Waals surface area contributed by atoms with Crippen LogP contribution in [0.25, 0.3) is 0 Å². The number of rotatable bonds is 13. The monoisotopic (exact) mass is 290 g/mol. The van der Waals surface area contributed by atoms with E-state index in [0.717, 1.165) is 39.1 Å². The Bertz CT molecular complexity index is 239. The van der Waals surface area contributed by atoms with Gasteiger partial charge in [-0.05, 0) is 26.8 Å². The highest BCUT2D eigenvalue weighted by Crippen LogP contribution is 2.01. The van der Waals surface area contributed by atoms with E-state index in [0.29, 0.717) is 13.2 Å². The fourth-order valence-corrected chi connectivity index (χ4v) is 1.92. The molecule has 0 aromatic rings. The van der Waals surface area contributed by atoms with E-state index in [1.54, 1.807) is 21.3 Å². The van der Waals surface area contributed by atoms with Crippen LogP contribution >= 0.6 is 0 Å². The first-order valence-electron chi connectivity index (χ1n) is 7.23. The summed E-state index contributed by atoms with van der Waals surface area (Å²) in [4.78, 5) is 14.0. The van der Waals surface area contributed by atoms with Crippen LogP contribution in [0.2, 0.25) is 0 Å². The zero-order valence-corrected chi connectivity index (χ0v) is 13.3. The third kappa shape index (κ3) is 9.25. The lowest BCUT2D eigenvalue weighted by Crippen LogP contribution is -2.40. The van der Waals surface area contributed by atoms with Crippen LogP contribution in [-0.2, 0) is 19.0 Å². The Balaban J connectivity index is 4.14. The second-order valence-corrected chi connectivity index (χ2v) is 4.56. The molecule has 6 heteroatoms. The molecule has 0 aromatic heterocycles. The van der Waals surface area contributed by atoms with Gasteiger partial charge in [-0.2, -0.15) is 0 Å². The van der Waals surface area contributed by atoms with Crippen molar-refractivity contribution < 1.29 is 19.0 Å². The van der Waals surface area contributed by atoms with Crippen molar-refractivity contribution in [3.8, 4) is 0 Å². The molecule has 0 aliphatic heterocycles. The molecule has 0 amide bonds. The summed E-state index contributed by atoms with van der Waals surface area (Å²) in [6, 6.07) is -0.248. The van der Waals surface area contributed by atoms with Crippen LogP contribution in [-0.4, -0.2) is 77.6 Å². The molecule has 1 atom stereocenters. The molecule has 1 unspecified atom stereocenters. The van der Waals surface area contributed by atoms with Gasteiger partial charge in [0.15, 0.2) is 0 Å². The third-order valence-electron chi connectivity index (χ3n) is 3.09. The van der Waals surface area contributed by atoms with Gasteiger partial charge < -0.3 is 24.4 Å². The maximum atomic E-state index is 11.7. The first-order valence-corrected chi connectivity index (χ1v) is 7.23. The van der Waals surface area contributed by atoms with Gasteiger partial charge in [0, 0.05) is 40.5 Å². The maximum Gasteiger partial charge on any atom is 0.323 e. The van der Waals surface area contributed by atoms with Gasteiger partial charge in [0.2, 0.25) is 0 Å². The molecule has 0 rings (SSSR count). The van der Waals surface area contributed by atoms with Crippen molar-refractivity contribution >= 4 is 5.97 Å². The van der Waals surface area contributed by atoms with Crippen molar-refractivity contribution in [2.75, 3.05) is 60.7 Å². The van der Waals surface area contributed by atoms with Crippen LogP contribution in [0, 0.1) is 0 Å². The van der Waals surface area contributed by atoms with Crippen LogP contribution < -0.4 is 5.32 Å². The molecule has 0 radical (unpaired) electrons. The first kappa shape index (κ1) is 19.3. The minimum atomic E-state index is -0.248. The van der Waals surface area contributed by atoms with Crippen molar-refractivity contribution in [3.05, 3.63) is 0 Å². The van der Waals surface area contributed by atoms with Gasteiger partial charge in [0.25, 0.3) is 0 Å². The molecule has 0 aliphatic carbocycles. The molecule has 120 valence electrons. The molecule has 0 saturated carbocycles. The minimum Gasteiger partial charge on any atom is -0.465 e. The van der Waals surface area contributed by atoms with Crippen molar-refractivity contribution in [1.29, 1.82) is 0 Å². The van der Waals surface area contributed by atoms with Crippen LogP contribution in [0.5, 0.6) is 0 Å².